The minimum Gasteiger partial charge on any atom is -0.476 e. The van der Waals surface area contributed by atoms with Crippen LogP contribution in [0.15, 0.2) is 11.1 Å². The van der Waals surface area contributed by atoms with E-state index >= 15 is 0 Å². The van der Waals surface area contributed by atoms with Crippen molar-refractivity contribution in [2.75, 3.05) is 11.3 Å². The van der Waals surface area contributed by atoms with Crippen LogP contribution in [0.25, 0.3) is 0 Å². The first-order valence-corrected chi connectivity index (χ1v) is 8.58. The van der Waals surface area contributed by atoms with Gasteiger partial charge in [0.1, 0.15) is 5.01 Å². The summed E-state index contributed by atoms with van der Waals surface area (Å²) in [6.45, 7) is 6.87. The van der Waals surface area contributed by atoms with Gasteiger partial charge in [0.25, 0.3) is 10.0 Å². The van der Waals surface area contributed by atoms with Crippen LogP contribution in [0.2, 0.25) is 0 Å². The molecule has 0 bridgehead atoms. The van der Waals surface area contributed by atoms with Crippen molar-refractivity contribution in [1.82, 2.24) is 20.0 Å². The van der Waals surface area contributed by atoms with Gasteiger partial charge >= 0.3 is 0 Å². The number of sulfonamides is 1. The first kappa shape index (κ1) is 14.3. The third kappa shape index (κ3) is 2.72. The Bertz CT molecular complexity index is 778. The second kappa shape index (κ2) is 4.67. The van der Waals surface area contributed by atoms with Crippen molar-refractivity contribution in [3.8, 4) is 5.88 Å². The van der Waals surface area contributed by atoms with Gasteiger partial charge in [-0.15, -0.1) is 10.2 Å². The fourth-order valence-corrected chi connectivity index (χ4v) is 3.92. The van der Waals surface area contributed by atoms with Crippen molar-refractivity contribution in [2.45, 2.75) is 32.2 Å². The average molecular weight is 329 g/mol. The molecule has 0 unspecified atom stereocenters. The summed E-state index contributed by atoms with van der Waals surface area (Å²) in [5.74, 6) is 0.267. The maximum Gasteiger partial charge on any atom is 0.270 e. The van der Waals surface area contributed by atoms with Crippen LogP contribution in [0.3, 0.4) is 0 Å². The van der Waals surface area contributed by atoms with Crippen LogP contribution in [0.5, 0.6) is 5.88 Å². The minimum atomic E-state index is -3.79. The lowest BCUT2D eigenvalue weighted by Gasteiger charge is -2.30. The number of anilines is 1. The number of hydrogen-bond acceptors (Lipinski definition) is 7. The molecule has 0 spiro atoms. The lowest BCUT2D eigenvalue weighted by molar-refractivity contribution is 0.0971. The van der Waals surface area contributed by atoms with Gasteiger partial charge in [-0.1, -0.05) is 25.2 Å². The standard InChI is InChI=1S/C11H15N5O3S2/c1-7-13-14-10(20-7)15-21(17,18)8-4-12-16-5-11(2,3)6-19-9(8)16/h4H,5-6H2,1-3H3,(H,14,15). The topological polar surface area (TPSA) is 99.0 Å². The SMILES string of the molecule is Cc1nnc(NS(=O)(=O)c2cnn3c2OCC(C)(C)C3)s1. The summed E-state index contributed by atoms with van der Waals surface area (Å²) in [7, 11) is -3.79. The second-order valence-corrected chi connectivity index (χ2v) is 8.49. The van der Waals surface area contributed by atoms with E-state index in [0.29, 0.717) is 18.2 Å². The molecule has 114 valence electrons. The van der Waals surface area contributed by atoms with Gasteiger partial charge in [0, 0.05) is 5.41 Å². The van der Waals surface area contributed by atoms with Gasteiger partial charge in [-0.05, 0) is 6.92 Å². The Kier molecular flexibility index (Phi) is 3.17. The third-order valence-corrected chi connectivity index (χ3v) is 5.18. The first-order chi connectivity index (χ1) is 9.77. The molecule has 0 saturated heterocycles. The Morgan fingerprint density at radius 3 is 2.86 bits per heavy atom. The Morgan fingerprint density at radius 2 is 2.19 bits per heavy atom. The number of ether oxygens (including phenoxy) is 1. The molecule has 2 aromatic rings. The van der Waals surface area contributed by atoms with E-state index in [4.69, 9.17) is 4.74 Å². The van der Waals surface area contributed by atoms with Crippen LogP contribution in [0.1, 0.15) is 18.9 Å². The molecule has 0 saturated carbocycles. The first-order valence-electron chi connectivity index (χ1n) is 6.28. The molecule has 0 atom stereocenters. The van der Waals surface area contributed by atoms with Crippen LogP contribution in [-0.4, -0.2) is 35.0 Å². The molecule has 21 heavy (non-hydrogen) atoms. The predicted octanol–water partition coefficient (Wildman–Crippen LogP) is 1.26. The lowest BCUT2D eigenvalue weighted by atomic mass is 9.94. The molecule has 3 rings (SSSR count). The zero-order valence-electron chi connectivity index (χ0n) is 11.8. The number of fused-ring (bicyclic) bond motifs is 1. The van der Waals surface area contributed by atoms with Gasteiger partial charge < -0.3 is 4.74 Å². The maximum atomic E-state index is 12.4. The van der Waals surface area contributed by atoms with E-state index in [9.17, 15) is 8.42 Å². The summed E-state index contributed by atoms with van der Waals surface area (Å²) in [6, 6.07) is 0. The number of aryl methyl sites for hydroxylation is 1. The van der Waals surface area contributed by atoms with Gasteiger partial charge in [-0.2, -0.15) is 5.10 Å². The van der Waals surface area contributed by atoms with Crippen molar-refractivity contribution in [3.63, 3.8) is 0 Å². The van der Waals surface area contributed by atoms with Crippen molar-refractivity contribution in [2.24, 2.45) is 5.41 Å². The zero-order chi connectivity index (χ0) is 15.3. The molecule has 1 aliphatic heterocycles. The van der Waals surface area contributed by atoms with E-state index in [1.807, 2.05) is 13.8 Å². The van der Waals surface area contributed by atoms with E-state index in [1.54, 1.807) is 11.6 Å². The molecule has 0 aliphatic carbocycles. The van der Waals surface area contributed by atoms with Crippen LogP contribution in [0.4, 0.5) is 5.13 Å². The monoisotopic (exact) mass is 329 g/mol. The van der Waals surface area contributed by atoms with Gasteiger partial charge in [-0.3, -0.25) is 4.72 Å². The predicted molar refractivity (Wildman–Crippen MR) is 77.0 cm³/mol. The van der Waals surface area contributed by atoms with E-state index < -0.39 is 10.0 Å². The van der Waals surface area contributed by atoms with Crippen molar-refractivity contribution < 1.29 is 13.2 Å². The lowest BCUT2D eigenvalue weighted by Crippen LogP contribution is -2.33. The number of nitrogens with zero attached hydrogens (tertiary/aromatic N) is 4. The van der Waals surface area contributed by atoms with Crippen LogP contribution in [0, 0.1) is 12.3 Å². The van der Waals surface area contributed by atoms with Crippen LogP contribution < -0.4 is 9.46 Å². The number of rotatable bonds is 3. The van der Waals surface area contributed by atoms with Crippen LogP contribution in [-0.2, 0) is 16.6 Å². The zero-order valence-corrected chi connectivity index (χ0v) is 13.5. The summed E-state index contributed by atoms with van der Waals surface area (Å²) < 4.78 is 34.4. The molecule has 0 radical (unpaired) electrons. The number of nitrogens with one attached hydrogen (secondary N) is 1. The fourth-order valence-electron chi connectivity index (χ4n) is 2.02. The summed E-state index contributed by atoms with van der Waals surface area (Å²) in [5, 5.41) is 12.5. The maximum absolute atomic E-state index is 12.4. The Labute approximate surface area is 126 Å². The fraction of sp³-hybridized carbons (Fsp3) is 0.545. The van der Waals surface area contributed by atoms with Gasteiger partial charge in [-0.25, -0.2) is 13.1 Å². The highest BCUT2D eigenvalue weighted by atomic mass is 32.2. The van der Waals surface area contributed by atoms with Gasteiger partial charge in [0.2, 0.25) is 11.0 Å². The Morgan fingerprint density at radius 1 is 1.43 bits per heavy atom. The van der Waals surface area contributed by atoms with Crippen molar-refractivity contribution in [1.29, 1.82) is 0 Å². The highest BCUT2D eigenvalue weighted by Gasteiger charge is 2.33. The largest absolute Gasteiger partial charge is 0.476 e. The van der Waals surface area contributed by atoms with Gasteiger partial charge in [0.05, 0.1) is 19.3 Å². The van der Waals surface area contributed by atoms with E-state index in [-0.39, 0.29) is 21.3 Å². The molecule has 3 heterocycles. The molecule has 0 amide bonds. The number of aromatic nitrogens is 4. The Hall–Kier alpha value is -1.68. The molecule has 0 aromatic carbocycles. The third-order valence-electron chi connectivity index (χ3n) is 2.97. The molecule has 8 nitrogen and oxygen atoms in total. The van der Waals surface area contributed by atoms with Gasteiger partial charge in [0.15, 0.2) is 4.90 Å². The molecular weight excluding hydrogens is 314 g/mol. The van der Waals surface area contributed by atoms with E-state index in [0.717, 1.165) is 0 Å². The number of hydrogen-bond donors (Lipinski definition) is 1. The normalized spacial score (nSPS) is 17.1. The van der Waals surface area contributed by atoms with Crippen molar-refractivity contribution >= 4 is 26.5 Å². The van der Waals surface area contributed by atoms with E-state index in [2.05, 4.69) is 20.0 Å². The molecule has 2 aromatic heterocycles. The molecule has 1 aliphatic rings. The van der Waals surface area contributed by atoms with Crippen molar-refractivity contribution in [3.05, 3.63) is 11.2 Å². The highest BCUT2D eigenvalue weighted by Crippen LogP contribution is 2.33. The second-order valence-electron chi connectivity index (χ2n) is 5.66. The molecule has 0 fully saturated rings. The Balaban J connectivity index is 1.92. The molecule has 10 heteroatoms. The molecule has 1 N–H and O–H groups in total. The highest BCUT2D eigenvalue weighted by molar-refractivity contribution is 7.93. The average Bonchev–Trinajstić information content (AvgIpc) is 2.93. The van der Waals surface area contributed by atoms with Crippen LogP contribution >= 0.6 is 11.3 Å². The van der Waals surface area contributed by atoms with E-state index in [1.165, 1.54) is 17.5 Å². The molecular formula is C11H15N5O3S2. The minimum absolute atomic E-state index is 0.0193. The quantitative estimate of drug-likeness (QED) is 0.910. The summed E-state index contributed by atoms with van der Waals surface area (Å²) in [4.78, 5) is 0.0193. The smallest absolute Gasteiger partial charge is 0.270 e. The summed E-state index contributed by atoms with van der Waals surface area (Å²) in [6.07, 6.45) is 1.30. The summed E-state index contributed by atoms with van der Waals surface area (Å²) >= 11 is 1.17. The summed E-state index contributed by atoms with van der Waals surface area (Å²) in [5.41, 5.74) is -0.0795.